The normalized spacial score (nSPS) is 10.7. The average Bonchev–Trinajstić information content (AvgIpc) is 2.81. The first-order valence-corrected chi connectivity index (χ1v) is 7.35. The zero-order valence-electron chi connectivity index (χ0n) is 10.7. The Bertz CT molecular complexity index is 778. The molecule has 0 saturated carbocycles. The van der Waals surface area contributed by atoms with E-state index in [0.717, 1.165) is 15.6 Å². The maximum Gasteiger partial charge on any atom is 0.343 e. The fourth-order valence-corrected chi connectivity index (χ4v) is 3.20. The quantitative estimate of drug-likeness (QED) is 0.487. The molecule has 2 aromatic carbocycles. The number of rotatable bonds is 2. The third-order valence-corrected chi connectivity index (χ3v) is 4.39. The molecule has 100 valence electrons. The molecule has 3 aromatic rings. The first-order chi connectivity index (χ1) is 9.65. The molecule has 0 spiro atoms. The lowest BCUT2D eigenvalue weighted by molar-refractivity contribution is 0.0735. The summed E-state index contributed by atoms with van der Waals surface area (Å²) in [6, 6.07) is 12.5. The third kappa shape index (κ3) is 2.42. The molecule has 0 aliphatic rings. The molecule has 2 nitrogen and oxygen atoms in total. The van der Waals surface area contributed by atoms with Crippen molar-refractivity contribution in [3.05, 3.63) is 64.0 Å². The van der Waals surface area contributed by atoms with Gasteiger partial charge >= 0.3 is 5.97 Å². The van der Waals surface area contributed by atoms with Crippen molar-refractivity contribution < 1.29 is 9.53 Å². The van der Waals surface area contributed by atoms with E-state index in [1.807, 2.05) is 25.1 Å². The summed E-state index contributed by atoms with van der Waals surface area (Å²) in [6.45, 7) is 2.02. The summed E-state index contributed by atoms with van der Waals surface area (Å²) in [5.41, 5.74) is 1.66. The Balaban J connectivity index is 1.96. The first-order valence-electron chi connectivity index (χ1n) is 6.10. The van der Waals surface area contributed by atoms with E-state index in [2.05, 4.69) is 5.38 Å². The van der Waals surface area contributed by atoms with E-state index in [9.17, 15) is 4.79 Å². The van der Waals surface area contributed by atoms with Crippen LogP contribution in [0.2, 0.25) is 5.02 Å². The topological polar surface area (TPSA) is 26.3 Å². The lowest BCUT2D eigenvalue weighted by Crippen LogP contribution is -2.08. The van der Waals surface area contributed by atoms with Crippen molar-refractivity contribution in [1.29, 1.82) is 0 Å². The number of thiophene rings is 1. The van der Waals surface area contributed by atoms with E-state index in [1.165, 1.54) is 0 Å². The summed E-state index contributed by atoms with van der Waals surface area (Å²) in [5.74, 6) is -0.00532. The molecule has 0 atom stereocenters. The van der Waals surface area contributed by atoms with Crippen molar-refractivity contribution in [2.75, 3.05) is 0 Å². The fraction of sp³-hybridized carbons (Fsp3) is 0.0625. The predicted molar refractivity (Wildman–Crippen MR) is 83.0 cm³/mol. The van der Waals surface area contributed by atoms with Gasteiger partial charge in [-0.2, -0.15) is 0 Å². The largest absolute Gasteiger partial charge is 0.421 e. The van der Waals surface area contributed by atoms with Crippen LogP contribution >= 0.6 is 22.9 Å². The SMILES string of the molecule is Cc1csc2cc(Cl)c(OC(=O)c3ccccc3)cc12. The molecule has 0 fully saturated rings. The van der Waals surface area contributed by atoms with Gasteiger partial charge in [-0.1, -0.05) is 29.8 Å². The number of hydrogen-bond donors (Lipinski definition) is 0. The van der Waals surface area contributed by atoms with Gasteiger partial charge in [-0.3, -0.25) is 0 Å². The Kier molecular flexibility index (Phi) is 3.47. The highest BCUT2D eigenvalue weighted by Gasteiger charge is 2.13. The van der Waals surface area contributed by atoms with E-state index < -0.39 is 5.97 Å². The highest BCUT2D eigenvalue weighted by molar-refractivity contribution is 7.17. The Hall–Kier alpha value is -1.84. The van der Waals surface area contributed by atoms with Gasteiger partial charge in [-0.15, -0.1) is 11.3 Å². The van der Waals surface area contributed by atoms with Crippen molar-refractivity contribution >= 4 is 39.0 Å². The monoisotopic (exact) mass is 302 g/mol. The molecular weight excluding hydrogens is 292 g/mol. The Morgan fingerprint density at radius 1 is 1.20 bits per heavy atom. The minimum absolute atomic E-state index is 0.398. The molecule has 1 heterocycles. The third-order valence-electron chi connectivity index (χ3n) is 3.03. The maximum absolute atomic E-state index is 12.0. The smallest absolute Gasteiger partial charge is 0.343 e. The number of ether oxygens (including phenoxy) is 1. The van der Waals surface area contributed by atoms with Crippen LogP contribution in [-0.2, 0) is 0 Å². The Labute approximate surface area is 125 Å². The molecule has 3 rings (SSSR count). The molecule has 0 radical (unpaired) electrons. The molecule has 0 aliphatic heterocycles. The standard InChI is InChI=1S/C16H11ClO2S/c1-10-9-20-15-8-13(17)14(7-12(10)15)19-16(18)11-5-3-2-4-6-11/h2-9H,1H3. The number of fused-ring (bicyclic) bond motifs is 1. The van der Waals surface area contributed by atoms with Gasteiger partial charge in [0, 0.05) is 4.70 Å². The second-order valence-corrected chi connectivity index (χ2v) is 5.77. The number of carbonyl (C=O) groups is 1. The molecule has 0 unspecified atom stereocenters. The van der Waals surface area contributed by atoms with E-state index in [-0.39, 0.29) is 0 Å². The van der Waals surface area contributed by atoms with Gasteiger partial charge in [0.15, 0.2) is 5.75 Å². The van der Waals surface area contributed by atoms with Crippen LogP contribution in [0.15, 0.2) is 47.8 Å². The van der Waals surface area contributed by atoms with E-state index in [1.54, 1.807) is 35.6 Å². The van der Waals surface area contributed by atoms with Crippen molar-refractivity contribution in [3.8, 4) is 5.75 Å². The number of esters is 1. The molecule has 0 N–H and O–H groups in total. The van der Waals surface area contributed by atoms with Crippen molar-refractivity contribution in [3.63, 3.8) is 0 Å². The van der Waals surface area contributed by atoms with Crippen molar-refractivity contribution in [2.45, 2.75) is 6.92 Å². The highest BCUT2D eigenvalue weighted by atomic mass is 35.5. The van der Waals surface area contributed by atoms with Gasteiger partial charge in [0.2, 0.25) is 0 Å². The second-order valence-electron chi connectivity index (χ2n) is 4.45. The van der Waals surface area contributed by atoms with Gasteiger partial charge in [-0.05, 0) is 47.5 Å². The number of benzene rings is 2. The van der Waals surface area contributed by atoms with Crippen molar-refractivity contribution in [2.24, 2.45) is 0 Å². The molecule has 0 amide bonds. The molecule has 0 aliphatic carbocycles. The van der Waals surface area contributed by atoms with Crippen LogP contribution in [0.1, 0.15) is 15.9 Å². The number of carbonyl (C=O) groups excluding carboxylic acids is 1. The summed E-state index contributed by atoms with van der Waals surface area (Å²) < 4.78 is 6.49. The van der Waals surface area contributed by atoms with Crippen LogP contribution in [0, 0.1) is 6.92 Å². The minimum atomic E-state index is -0.403. The second kappa shape index (κ2) is 5.27. The summed E-state index contributed by atoms with van der Waals surface area (Å²) in [7, 11) is 0. The van der Waals surface area contributed by atoms with Gasteiger partial charge in [0.25, 0.3) is 0 Å². The van der Waals surface area contributed by atoms with Crippen LogP contribution in [0.5, 0.6) is 5.75 Å². The minimum Gasteiger partial charge on any atom is -0.421 e. The Morgan fingerprint density at radius 2 is 1.95 bits per heavy atom. The fourth-order valence-electron chi connectivity index (χ4n) is 1.97. The van der Waals surface area contributed by atoms with Crippen LogP contribution in [0.4, 0.5) is 0 Å². The molecule has 1 aromatic heterocycles. The van der Waals surface area contributed by atoms with E-state index >= 15 is 0 Å². The van der Waals surface area contributed by atoms with Crippen LogP contribution in [-0.4, -0.2) is 5.97 Å². The molecule has 4 heteroatoms. The van der Waals surface area contributed by atoms with Crippen molar-refractivity contribution in [1.82, 2.24) is 0 Å². The van der Waals surface area contributed by atoms with Gasteiger partial charge in [-0.25, -0.2) is 4.79 Å². The molecule has 0 saturated heterocycles. The maximum atomic E-state index is 12.0. The summed E-state index contributed by atoms with van der Waals surface area (Å²) in [6.07, 6.45) is 0. The molecule has 0 bridgehead atoms. The summed E-state index contributed by atoms with van der Waals surface area (Å²) >= 11 is 7.80. The molecular formula is C16H11ClO2S. The van der Waals surface area contributed by atoms with E-state index in [4.69, 9.17) is 16.3 Å². The van der Waals surface area contributed by atoms with Gasteiger partial charge < -0.3 is 4.74 Å². The number of hydrogen-bond acceptors (Lipinski definition) is 3. The lowest BCUT2D eigenvalue weighted by atomic mass is 10.2. The zero-order valence-corrected chi connectivity index (χ0v) is 12.3. The summed E-state index contributed by atoms with van der Waals surface area (Å²) in [5, 5.41) is 3.57. The Morgan fingerprint density at radius 3 is 2.70 bits per heavy atom. The van der Waals surface area contributed by atoms with Crippen LogP contribution < -0.4 is 4.74 Å². The average molecular weight is 303 g/mol. The molecule has 20 heavy (non-hydrogen) atoms. The van der Waals surface area contributed by atoms with E-state index in [0.29, 0.717) is 16.3 Å². The van der Waals surface area contributed by atoms with Crippen LogP contribution in [0.25, 0.3) is 10.1 Å². The zero-order chi connectivity index (χ0) is 14.1. The highest BCUT2D eigenvalue weighted by Crippen LogP contribution is 2.35. The van der Waals surface area contributed by atoms with Gasteiger partial charge in [0.05, 0.1) is 10.6 Å². The van der Waals surface area contributed by atoms with Gasteiger partial charge in [0.1, 0.15) is 0 Å². The van der Waals surface area contributed by atoms with Crippen LogP contribution in [0.3, 0.4) is 0 Å². The number of aryl methyl sites for hydroxylation is 1. The number of halogens is 1. The first kappa shape index (κ1) is 13.2. The summed E-state index contributed by atoms with van der Waals surface area (Å²) in [4.78, 5) is 12.0. The lowest BCUT2D eigenvalue weighted by Gasteiger charge is -2.07. The predicted octanol–water partition coefficient (Wildman–Crippen LogP) is 5.08.